The van der Waals surface area contributed by atoms with Gasteiger partial charge in [0.25, 0.3) is 5.91 Å². The second-order valence-corrected chi connectivity index (χ2v) is 5.48. The van der Waals surface area contributed by atoms with Crippen molar-refractivity contribution < 1.29 is 27.8 Å². The molecule has 5 nitrogen and oxygen atoms in total. The summed E-state index contributed by atoms with van der Waals surface area (Å²) in [6.45, 7) is 2.66. The Hall–Kier alpha value is -1.51. The van der Waals surface area contributed by atoms with Gasteiger partial charge in [0.15, 0.2) is 6.10 Å². The fraction of sp³-hybridized carbons (Fsp3) is 0.533. The molecule has 3 N–H and O–H groups in total. The molecule has 3 unspecified atom stereocenters. The van der Waals surface area contributed by atoms with Gasteiger partial charge in [-0.15, -0.1) is 12.4 Å². The molecule has 1 aliphatic rings. The minimum Gasteiger partial charge on any atom is -0.480 e. The van der Waals surface area contributed by atoms with Crippen molar-refractivity contribution in [3.63, 3.8) is 0 Å². The van der Waals surface area contributed by atoms with Gasteiger partial charge in [-0.05, 0) is 19.1 Å². The number of benzene rings is 1. The number of carbonyl (C=O) groups is 1. The number of ether oxygens (including phenoxy) is 1. The van der Waals surface area contributed by atoms with Gasteiger partial charge in [-0.3, -0.25) is 4.79 Å². The second kappa shape index (κ2) is 8.55. The first kappa shape index (κ1) is 20.5. The van der Waals surface area contributed by atoms with E-state index in [1.165, 1.54) is 25.1 Å². The van der Waals surface area contributed by atoms with Crippen LogP contribution in [-0.2, 0) is 11.0 Å². The van der Waals surface area contributed by atoms with Crippen molar-refractivity contribution in [3.05, 3.63) is 29.8 Å². The van der Waals surface area contributed by atoms with Crippen molar-refractivity contribution in [1.82, 2.24) is 10.6 Å². The van der Waals surface area contributed by atoms with Crippen molar-refractivity contribution >= 4 is 18.3 Å². The van der Waals surface area contributed by atoms with Crippen molar-refractivity contribution in [1.29, 1.82) is 0 Å². The Morgan fingerprint density at radius 2 is 2.08 bits per heavy atom. The van der Waals surface area contributed by atoms with Crippen molar-refractivity contribution in [2.24, 2.45) is 5.92 Å². The number of aliphatic hydroxyl groups excluding tert-OH is 1. The lowest BCUT2D eigenvalue weighted by Crippen LogP contribution is -2.41. The van der Waals surface area contributed by atoms with Crippen LogP contribution in [0.2, 0.25) is 0 Å². The SMILES string of the molecule is CC(Oc1ccccc1C(F)(F)F)C(=O)NCC1CNCC1O.Cl. The number of carbonyl (C=O) groups excluding carboxylic acids is 1. The molecule has 3 atom stereocenters. The van der Waals surface area contributed by atoms with Crippen molar-refractivity contribution in [2.75, 3.05) is 19.6 Å². The molecule has 24 heavy (non-hydrogen) atoms. The predicted octanol–water partition coefficient (Wildman–Crippen LogP) is 1.59. The van der Waals surface area contributed by atoms with Gasteiger partial charge in [0, 0.05) is 25.6 Å². The van der Waals surface area contributed by atoms with Gasteiger partial charge in [-0.1, -0.05) is 12.1 Å². The number of rotatable bonds is 5. The van der Waals surface area contributed by atoms with Gasteiger partial charge < -0.3 is 20.5 Å². The van der Waals surface area contributed by atoms with Gasteiger partial charge in [-0.2, -0.15) is 13.2 Å². The molecule has 9 heteroatoms. The lowest BCUT2D eigenvalue weighted by atomic mass is 10.1. The Labute approximate surface area is 144 Å². The number of amides is 1. The second-order valence-electron chi connectivity index (χ2n) is 5.48. The third kappa shape index (κ3) is 5.25. The highest BCUT2D eigenvalue weighted by Gasteiger charge is 2.35. The molecule has 0 bridgehead atoms. The maximum Gasteiger partial charge on any atom is 0.419 e. The van der Waals surface area contributed by atoms with Crippen LogP contribution in [0.25, 0.3) is 0 Å². The van der Waals surface area contributed by atoms with Gasteiger partial charge in [0.05, 0.1) is 11.7 Å². The molecule has 0 radical (unpaired) electrons. The quantitative estimate of drug-likeness (QED) is 0.738. The van der Waals surface area contributed by atoms with E-state index < -0.39 is 29.9 Å². The number of halogens is 4. The molecule has 1 heterocycles. The Morgan fingerprint density at radius 3 is 2.67 bits per heavy atom. The summed E-state index contributed by atoms with van der Waals surface area (Å²) >= 11 is 0. The molecule has 1 fully saturated rings. The van der Waals surface area contributed by atoms with Crippen LogP contribution in [0, 0.1) is 5.92 Å². The largest absolute Gasteiger partial charge is 0.480 e. The molecule has 1 aromatic rings. The van der Waals surface area contributed by atoms with E-state index in [-0.39, 0.29) is 30.6 Å². The molecular weight excluding hydrogens is 349 g/mol. The molecule has 0 spiro atoms. The third-order valence-electron chi connectivity index (χ3n) is 3.71. The van der Waals surface area contributed by atoms with E-state index in [4.69, 9.17) is 4.74 Å². The first-order valence-electron chi connectivity index (χ1n) is 7.28. The highest BCUT2D eigenvalue weighted by Crippen LogP contribution is 2.36. The van der Waals surface area contributed by atoms with Gasteiger partial charge >= 0.3 is 6.18 Å². The minimum absolute atomic E-state index is 0. The Morgan fingerprint density at radius 1 is 1.42 bits per heavy atom. The summed E-state index contributed by atoms with van der Waals surface area (Å²) in [4.78, 5) is 12.0. The molecule has 1 amide bonds. The number of β-amino-alcohol motifs (C(OH)–C–C–N with tert-alkyl or cyclic N) is 1. The van der Waals surface area contributed by atoms with Gasteiger partial charge in [0.1, 0.15) is 5.75 Å². The lowest BCUT2D eigenvalue weighted by Gasteiger charge is -2.20. The van der Waals surface area contributed by atoms with E-state index in [9.17, 15) is 23.1 Å². The summed E-state index contributed by atoms with van der Waals surface area (Å²) in [7, 11) is 0. The maximum atomic E-state index is 12.9. The number of hydrogen-bond acceptors (Lipinski definition) is 4. The number of para-hydroxylation sites is 1. The molecular formula is C15H20ClF3N2O3. The normalized spacial score (nSPS) is 21.7. The van der Waals surface area contributed by atoms with Gasteiger partial charge in [-0.25, -0.2) is 0 Å². The molecule has 2 rings (SSSR count). The van der Waals surface area contributed by atoms with Crippen molar-refractivity contribution in [2.45, 2.75) is 25.3 Å². The Bertz CT molecular complexity index is 557. The highest BCUT2D eigenvalue weighted by atomic mass is 35.5. The predicted molar refractivity (Wildman–Crippen MR) is 84.2 cm³/mol. The summed E-state index contributed by atoms with van der Waals surface area (Å²) in [5, 5.41) is 15.2. The first-order valence-corrected chi connectivity index (χ1v) is 7.28. The monoisotopic (exact) mass is 368 g/mol. The summed E-state index contributed by atoms with van der Waals surface area (Å²) in [5.74, 6) is -1.03. The number of hydrogen-bond donors (Lipinski definition) is 3. The van der Waals surface area contributed by atoms with Crippen molar-refractivity contribution in [3.8, 4) is 5.75 Å². The zero-order valence-corrected chi connectivity index (χ0v) is 13.8. The van der Waals surface area contributed by atoms with E-state index in [2.05, 4.69) is 10.6 Å². The molecule has 1 aromatic carbocycles. The van der Waals surface area contributed by atoms with Crippen LogP contribution in [0.1, 0.15) is 12.5 Å². The van der Waals surface area contributed by atoms with Crippen LogP contribution in [0.15, 0.2) is 24.3 Å². The van der Waals surface area contributed by atoms with Crippen LogP contribution < -0.4 is 15.4 Å². The van der Waals surface area contributed by atoms with Crippen LogP contribution >= 0.6 is 12.4 Å². The summed E-state index contributed by atoms with van der Waals surface area (Å²) in [5.41, 5.74) is -0.921. The standard InChI is InChI=1S/C15H19F3N2O3.ClH/c1-9(14(22)20-7-10-6-19-8-12(10)21)23-13-5-3-2-4-11(13)15(16,17)18;/h2-5,9-10,12,19,21H,6-8H2,1H3,(H,20,22);1H. The van der Waals surface area contributed by atoms with Crippen LogP contribution in [0.3, 0.4) is 0 Å². The van der Waals surface area contributed by atoms with Crippen LogP contribution in [0.4, 0.5) is 13.2 Å². The van der Waals surface area contributed by atoms with E-state index >= 15 is 0 Å². The van der Waals surface area contributed by atoms with E-state index in [0.29, 0.717) is 13.1 Å². The molecule has 1 aliphatic heterocycles. The zero-order valence-electron chi connectivity index (χ0n) is 13.0. The lowest BCUT2D eigenvalue weighted by molar-refractivity contribution is -0.140. The molecule has 136 valence electrons. The molecule has 0 aromatic heterocycles. The van der Waals surface area contributed by atoms with E-state index in [0.717, 1.165) is 6.07 Å². The van der Waals surface area contributed by atoms with E-state index in [1.54, 1.807) is 0 Å². The van der Waals surface area contributed by atoms with Crippen LogP contribution in [-0.4, -0.2) is 42.9 Å². The van der Waals surface area contributed by atoms with E-state index in [1.807, 2.05) is 0 Å². The number of nitrogens with one attached hydrogen (secondary N) is 2. The smallest absolute Gasteiger partial charge is 0.419 e. The van der Waals surface area contributed by atoms with Gasteiger partial charge in [0.2, 0.25) is 0 Å². The molecule has 1 saturated heterocycles. The Balaban J connectivity index is 0.00000288. The molecule has 0 aliphatic carbocycles. The fourth-order valence-corrected chi connectivity index (χ4v) is 2.35. The summed E-state index contributed by atoms with van der Waals surface area (Å²) in [6, 6.07) is 4.75. The summed E-state index contributed by atoms with van der Waals surface area (Å²) < 4.78 is 43.8. The minimum atomic E-state index is -4.55. The average molecular weight is 369 g/mol. The third-order valence-corrected chi connectivity index (χ3v) is 3.71. The molecule has 0 saturated carbocycles. The number of aliphatic hydroxyl groups is 1. The Kier molecular flexibility index (Phi) is 7.31. The average Bonchev–Trinajstić information content (AvgIpc) is 2.89. The first-order chi connectivity index (χ1) is 10.8. The van der Waals surface area contributed by atoms with Crippen LogP contribution in [0.5, 0.6) is 5.75 Å². The maximum absolute atomic E-state index is 12.9. The topological polar surface area (TPSA) is 70.6 Å². The number of alkyl halides is 3. The summed E-state index contributed by atoms with van der Waals surface area (Å²) in [6.07, 6.45) is -6.17. The zero-order chi connectivity index (χ0) is 17.0. The fourth-order valence-electron chi connectivity index (χ4n) is 2.35. The highest BCUT2D eigenvalue weighted by molar-refractivity contribution is 5.85.